The maximum absolute atomic E-state index is 13.4. The average Bonchev–Trinajstić information content (AvgIpc) is 2.80. The van der Waals surface area contributed by atoms with Crippen LogP contribution in [0.4, 0.5) is 0 Å². The third-order valence-electron chi connectivity index (χ3n) is 4.90. The van der Waals surface area contributed by atoms with Gasteiger partial charge in [-0.2, -0.15) is 21.5 Å². The molecule has 1 N–H and O–H groups in total. The third kappa shape index (κ3) is 5.18. The molecule has 0 radical (unpaired) electrons. The lowest BCUT2D eigenvalue weighted by molar-refractivity contribution is 0.322. The van der Waals surface area contributed by atoms with Crippen molar-refractivity contribution in [2.75, 3.05) is 12.4 Å². The Kier molecular flexibility index (Phi) is 7.19. The molecule has 0 fully saturated rings. The van der Waals surface area contributed by atoms with Crippen molar-refractivity contribution in [2.45, 2.75) is 12.7 Å². The summed E-state index contributed by atoms with van der Waals surface area (Å²) in [5, 5.41) is 14.1. The molecule has 0 aliphatic heterocycles. The minimum absolute atomic E-state index is 0.152. The summed E-state index contributed by atoms with van der Waals surface area (Å²) in [5.41, 5.74) is 4.37. The molecule has 0 spiro atoms. The van der Waals surface area contributed by atoms with Crippen LogP contribution in [-0.4, -0.2) is 33.3 Å². The molecule has 0 atom stereocenters. The van der Waals surface area contributed by atoms with Crippen LogP contribution in [0.3, 0.4) is 0 Å². The molecule has 4 rings (SSSR count). The molecule has 1 heterocycles. The zero-order valence-electron chi connectivity index (χ0n) is 17.5. The fourth-order valence-electron chi connectivity index (χ4n) is 3.27. The van der Waals surface area contributed by atoms with Crippen LogP contribution in [0, 0.1) is 6.92 Å². The van der Waals surface area contributed by atoms with Gasteiger partial charge in [0.15, 0.2) is 5.82 Å². The standard InChI is InChI=1S/C25H22BrN3O2S/c1-17-5-7-18(8-6-17)15-27-29-24(20-4-2-3-19(13-20)16-32-12-11-30)28-23-10-9-21(26)14-22(23)25(29)31/h2-10,13-15,30H,11-12,16H2,1H3. The van der Waals surface area contributed by atoms with E-state index in [4.69, 9.17) is 10.1 Å². The molecule has 1 aromatic heterocycles. The Morgan fingerprint density at radius 1 is 1.12 bits per heavy atom. The normalized spacial score (nSPS) is 11.5. The number of benzene rings is 3. The first kappa shape index (κ1) is 22.5. The lowest BCUT2D eigenvalue weighted by Crippen LogP contribution is -2.20. The second-order valence-corrected chi connectivity index (χ2v) is 9.37. The van der Waals surface area contributed by atoms with Crippen molar-refractivity contribution in [3.8, 4) is 11.4 Å². The van der Waals surface area contributed by atoms with Crippen LogP contribution < -0.4 is 5.56 Å². The van der Waals surface area contributed by atoms with Gasteiger partial charge in [0.1, 0.15) is 0 Å². The van der Waals surface area contributed by atoms with E-state index in [9.17, 15) is 4.79 Å². The van der Waals surface area contributed by atoms with Crippen LogP contribution >= 0.6 is 27.7 Å². The molecule has 0 aliphatic rings. The zero-order chi connectivity index (χ0) is 22.5. The smallest absolute Gasteiger partial charge is 0.282 e. The zero-order valence-corrected chi connectivity index (χ0v) is 19.9. The van der Waals surface area contributed by atoms with E-state index >= 15 is 0 Å². The van der Waals surface area contributed by atoms with Crippen molar-refractivity contribution >= 4 is 44.8 Å². The predicted molar refractivity (Wildman–Crippen MR) is 137 cm³/mol. The second kappa shape index (κ2) is 10.3. The van der Waals surface area contributed by atoms with Gasteiger partial charge >= 0.3 is 0 Å². The molecule has 0 unspecified atom stereocenters. The minimum atomic E-state index is -0.227. The third-order valence-corrected chi connectivity index (χ3v) is 6.40. The van der Waals surface area contributed by atoms with E-state index in [1.54, 1.807) is 24.0 Å². The highest BCUT2D eigenvalue weighted by molar-refractivity contribution is 9.10. The van der Waals surface area contributed by atoms with E-state index < -0.39 is 0 Å². The van der Waals surface area contributed by atoms with Gasteiger partial charge in [-0.3, -0.25) is 4.79 Å². The van der Waals surface area contributed by atoms with Crippen molar-refractivity contribution < 1.29 is 5.11 Å². The number of thioether (sulfide) groups is 1. The molecular weight excluding hydrogens is 486 g/mol. The molecule has 7 heteroatoms. The number of aliphatic hydroxyl groups excluding tert-OH is 1. The van der Waals surface area contributed by atoms with Gasteiger partial charge < -0.3 is 5.11 Å². The first-order valence-electron chi connectivity index (χ1n) is 10.2. The largest absolute Gasteiger partial charge is 0.396 e. The monoisotopic (exact) mass is 507 g/mol. The number of fused-ring (bicyclic) bond motifs is 1. The van der Waals surface area contributed by atoms with Crippen LogP contribution in [0.1, 0.15) is 16.7 Å². The molecule has 0 saturated heterocycles. The number of halogens is 1. The van der Waals surface area contributed by atoms with Crippen molar-refractivity contribution in [3.05, 3.63) is 98.2 Å². The van der Waals surface area contributed by atoms with Crippen molar-refractivity contribution in [3.63, 3.8) is 0 Å². The average molecular weight is 508 g/mol. The Labute approximate surface area is 199 Å². The first-order chi connectivity index (χ1) is 15.5. The molecule has 32 heavy (non-hydrogen) atoms. The minimum Gasteiger partial charge on any atom is -0.396 e. The molecule has 0 aliphatic carbocycles. The molecular formula is C25H22BrN3O2S. The van der Waals surface area contributed by atoms with Gasteiger partial charge in [0.05, 0.1) is 23.7 Å². The Hall–Kier alpha value is -2.74. The maximum Gasteiger partial charge on any atom is 0.282 e. The van der Waals surface area contributed by atoms with E-state index in [2.05, 4.69) is 21.0 Å². The predicted octanol–water partition coefficient (Wildman–Crippen LogP) is 5.24. The molecule has 162 valence electrons. The summed E-state index contributed by atoms with van der Waals surface area (Å²) in [4.78, 5) is 18.2. The fraction of sp³-hybridized carbons (Fsp3) is 0.160. The molecule has 3 aromatic carbocycles. The number of hydrogen-bond acceptors (Lipinski definition) is 5. The second-order valence-electron chi connectivity index (χ2n) is 7.35. The number of rotatable bonds is 7. The van der Waals surface area contributed by atoms with E-state index in [1.807, 2.05) is 67.6 Å². The number of nitrogens with zero attached hydrogens (tertiary/aromatic N) is 3. The van der Waals surface area contributed by atoms with Crippen molar-refractivity contribution in [1.29, 1.82) is 0 Å². The fourth-order valence-corrected chi connectivity index (χ4v) is 4.32. The Morgan fingerprint density at radius 2 is 1.94 bits per heavy atom. The summed E-state index contributed by atoms with van der Waals surface area (Å²) < 4.78 is 2.18. The summed E-state index contributed by atoms with van der Waals surface area (Å²) in [7, 11) is 0. The van der Waals surface area contributed by atoms with Crippen LogP contribution in [0.25, 0.3) is 22.3 Å². The van der Waals surface area contributed by atoms with Gasteiger partial charge in [0, 0.05) is 21.5 Å². The van der Waals surface area contributed by atoms with Gasteiger partial charge in [0.2, 0.25) is 0 Å². The Morgan fingerprint density at radius 3 is 2.72 bits per heavy atom. The van der Waals surface area contributed by atoms with Gasteiger partial charge in [-0.05, 0) is 42.3 Å². The molecule has 0 bridgehead atoms. The lowest BCUT2D eigenvalue weighted by Gasteiger charge is -2.11. The topological polar surface area (TPSA) is 67.5 Å². The number of aliphatic hydroxyl groups is 1. The first-order valence-corrected chi connectivity index (χ1v) is 12.1. The number of aromatic nitrogens is 2. The van der Waals surface area contributed by atoms with E-state index in [0.717, 1.165) is 32.5 Å². The molecule has 0 saturated carbocycles. The quantitative estimate of drug-likeness (QED) is 0.274. The van der Waals surface area contributed by atoms with Crippen LogP contribution in [-0.2, 0) is 5.75 Å². The van der Waals surface area contributed by atoms with E-state index in [0.29, 0.717) is 22.5 Å². The van der Waals surface area contributed by atoms with Gasteiger partial charge in [-0.15, -0.1) is 0 Å². The molecule has 0 amide bonds. The van der Waals surface area contributed by atoms with Gasteiger partial charge in [0.25, 0.3) is 5.56 Å². The highest BCUT2D eigenvalue weighted by Crippen LogP contribution is 2.23. The number of aryl methyl sites for hydroxylation is 1. The summed E-state index contributed by atoms with van der Waals surface area (Å²) in [5.74, 6) is 1.94. The van der Waals surface area contributed by atoms with E-state index in [1.165, 1.54) is 4.68 Å². The Bertz CT molecular complexity index is 1330. The van der Waals surface area contributed by atoms with Crippen molar-refractivity contribution in [1.82, 2.24) is 9.66 Å². The van der Waals surface area contributed by atoms with Crippen LogP contribution in [0.15, 0.2) is 81.1 Å². The summed E-state index contributed by atoms with van der Waals surface area (Å²) in [6.45, 7) is 2.18. The van der Waals surface area contributed by atoms with Crippen molar-refractivity contribution in [2.24, 2.45) is 5.10 Å². The number of hydrogen-bond donors (Lipinski definition) is 1. The van der Waals surface area contributed by atoms with Gasteiger partial charge in [-0.25, -0.2) is 4.98 Å². The van der Waals surface area contributed by atoms with E-state index in [-0.39, 0.29) is 12.2 Å². The molecule has 5 nitrogen and oxygen atoms in total. The highest BCUT2D eigenvalue weighted by Gasteiger charge is 2.13. The van der Waals surface area contributed by atoms with Gasteiger partial charge in [-0.1, -0.05) is 64.0 Å². The Balaban J connectivity index is 1.84. The lowest BCUT2D eigenvalue weighted by atomic mass is 10.1. The molecule has 4 aromatic rings. The summed E-state index contributed by atoms with van der Waals surface area (Å²) >= 11 is 5.10. The highest BCUT2D eigenvalue weighted by atomic mass is 79.9. The van der Waals surface area contributed by atoms with Crippen LogP contribution in [0.5, 0.6) is 0 Å². The maximum atomic E-state index is 13.4. The summed E-state index contributed by atoms with van der Waals surface area (Å²) in [6, 6.07) is 21.4. The SMILES string of the molecule is Cc1ccc(C=Nn2c(-c3cccc(CSCCO)c3)nc3ccc(Br)cc3c2=O)cc1. The summed E-state index contributed by atoms with van der Waals surface area (Å²) in [6.07, 6.45) is 1.68. The van der Waals surface area contributed by atoms with Crippen LogP contribution in [0.2, 0.25) is 0 Å².